The van der Waals surface area contributed by atoms with Crippen molar-refractivity contribution in [3.05, 3.63) is 234 Å². The van der Waals surface area contributed by atoms with Gasteiger partial charge >= 0.3 is 0 Å². The molecule has 1 aromatic heterocycles. The smallest absolute Gasteiger partial charge is 0.0719 e. The van der Waals surface area contributed by atoms with E-state index in [9.17, 15) is 0 Å². The third-order valence-corrected chi connectivity index (χ3v) is 12.5. The number of benzene rings is 8. The molecule has 1 spiro atoms. The summed E-state index contributed by atoms with van der Waals surface area (Å²) in [5.41, 5.74) is 19.0. The molecule has 8 aromatic carbocycles. The van der Waals surface area contributed by atoms with Gasteiger partial charge in [-0.2, -0.15) is 0 Å². The maximum atomic E-state index is 5.27. The first-order chi connectivity index (χ1) is 27.5. The van der Waals surface area contributed by atoms with Crippen LogP contribution in [0.25, 0.3) is 66.7 Å². The maximum absolute atomic E-state index is 5.27. The van der Waals surface area contributed by atoms with Crippen molar-refractivity contribution in [3.63, 3.8) is 0 Å². The summed E-state index contributed by atoms with van der Waals surface area (Å²) in [6, 6.07) is 73.9. The second-order valence-electron chi connectivity index (χ2n) is 15.9. The third-order valence-electron chi connectivity index (χ3n) is 12.5. The van der Waals surface area contributed by atoms with Crippen LogP contribution >= 0.6 is 0 Å². The number of hydrogen-bond acceptors (Lipinski definition) is 1. The molecule has 0 amide bonds. The van der Waals surface area contributed by atoms with Crippen molar-refractivity contribution in [3.8, 4) is 55.9 Å². The molecule has 1 nitrogen and oxygen atoms in total. The summed E-state index contributed by atoms with van der Waals surface area (Å²) in [7, 11) is 0. The van der Waals surface area contributed by atoms with E-state index in [1.54, 1.807) is 0 Å². The van der Waals surface area contributed by atoms with Crippen molar-refractivity contribution < 1.29 is 0 Å². The van der Waals surface area contributed by atoms with Gasteiger partial charge < -0.3 is 0 Å². The van der Waals surface area contributed by atoms with E-state index in [0.29, 0.717) is 0 Å². The molecule has 0 unspecified atom stereocenters. The number of fused-ring (bicyclic) bond motifs is 10. The van der Waals surface area contributed by atoms with Crippen molar-refractivity contribution in [1.29, 1.82) is 0 Å². The zero-order valence-corrected chi connectivity index (χ0v) is 31.5. The quantitative estimate of drug-likeness (QED) is 0.177. The highest BCUT2D eigenvalue weighted by atomic mass is 14.7. The van der Waals surface area contributed by atoms with E-state index < -0.39 is 5.41 Å². The topological polar surface area (TPSA) is 12.9 Å². The molecule has 0 saturated heterocycles. The molecule has 1 heteroatoms. The first kappa shape index (κ1) is 32.6. The van der Waals surface area contributed by atoms with Crippen molar-refractivity contribution >= 4 is 10.8 Å². The molecule has 0 saturated carbocycles. The largest absolute Gasteiger partial charge is 0.248 e. The Labute approximate surface area is 328 Å². The fraction of sp³-hybridized carbons (Fsp3) is 0.0727. The molecule has 11 rings (SSSR count). The van der Waals surface area contributed by atoms with Gasteiger partial charge in [0.25, 0.3) is 0 Å². The van der Waals surface area contributed by atoms with Gasteiger partial charge in [0.1, 0.15) is 0 Å². The number of nitrogens with zero attached hydrogens (tertiary/aromatic N) is 1. The van der Waals surface area contributed by atoms with Crippen molar-refractivity contribution in [2.24, 2.45) is 0 Å². The Morgan fingerprint density at radius 3 is 1.48 bits per heavy atom. The third kappa shape index (κ3) is 4.71. The highest BCUT2D eigenvalue weighted by molar-refractivity contribution is 5.99. The summed E-state index contributed by atoms with van der Waals surface area (Å²) in [6.07, 6.45) is 0. The monoisotopic (exact) mass is 713 g/mol. The van der Waals surface area contributed by atoms with Gasteiger partial charge in [-0.1, -0.05) is 190 Å². The average molecular weight is 714 g/mol. The van der Waals surface area contributed by atoms with Crippen LogP contribution in [0.2, 0.25) is 0 Å². The molecule has 0 fully saturated rings. The zero-order chi connectivity index (χ0) is 37.4. The fourth-order valence-electron chi connectivity index (χ4n) is 9.95. The Kier molecular flexibility index (Phi) is 7.18. The fourth-order valence-corrected chi connectivity index (χ4v) is 9.95. The zero-order valence-electron chi connectivity index (χ0n) is 31.5. The molecule has 9 aromatic rings. The van der Waals surface area contributed by atoms with E-state index in [2.05, 4.69) is 214 Å². The van der Waals surface area contributed by atoms with Gasteiger partial charge in [-0.15, -0.1) is 0 Å². The van der Waals surface area contributed by atoms with E-state index in [1.165, 1.54) is 72.0 Å². The number of aromatic nitrogens is 1. The molecule has 0 aliphatic heterocycles. The van der Waals surface area contributed by atoms with Crippen molar-refractivity contribution in [2.75, 3.05) is 0 Å². The van der Waals surface area contributed by atoms with Gasteiger partial charge in [-0.25, -0.2) is 4.98 Å². The summed E-state index contributed by atoms with van der Waals surface area (Å²) in [5, 5.41) is 2.50. The highest BCUT2D eigenvalue weighted by Gasteiger charge is 2.53. The summed E-state index contributed by atoms with van der Waals surface area (Å²) < 4.78 is 0. The molecule has 264 valence electrons. The molecular weight excluding hydrogens is 675 g/mol. The molecule has 0 atom stereocenters. The molecule has 0 bridgehead atoms. The predicted octanol–water partition coefficient (Wildman–Crippen LogP) is 13.9. The minimum absolute atomic E-state index is 0.162. The minimum atomic E-state index is -0.497. The van der Waals surface area contributed by atoms with Gasteiger partial charge in [0, 0.05) is 16.5 Å². The Hall–Kier alpha value is -6.83. The number of pyridine rings is 1. The number of hydrogen-bond donors (Lipinski definition) is 0. The summed E-state index contributed by atoms with van der Waals surface area (Å²) in [5.74, 6) is 0. The molecule has 0 N–H and O–H groups in total. The minimum Gasteiger partial charge on any atom is -0.248 e. The van der Waals surface area contributed by atoms with E-state index >= 15 is 0 Å². The van der Waals surface area contributed by atoms with Crippen molar-refractivity contribution in [1.82, 2.24) is 4.98 Å². The Morgan fingerprint density at radius 2 is 0.839 bits per heavy atom. The predicted molar refractivity (Wildman–Crippen MR) is 233 cm³/mol. The lowest BCUT2D eigenvalue weighted by atomic mass is 9.55. The standard InChI is InChI=1S/C55H39N/c1-54(2)46-23-11-13-25-48(46)55(49-26-14-12-24-47(49)54)45-31-30-41(40-29-28-36-16-9-10-21-39(36)32-40)33-44(45)53-43(22-15-27-50(53)55)42-34-51(37-17-5-3-6-18-37)56-52(35-42)38-19-7-4-8-20-38/h3-35H,1-2H3. The summed E-state index contributed by atoms with van der Waals surface area (Å²) in [4.78, 5) is 5.27. The van der Waals surface area contributed by atoms with Crippen LogP contribution in [0, 0.1) is 0 Å². The number of rotatable bonds is 4. The van der Waals surface area contributed by atoms with E-state index in [4.69, 9.17) is 4.98 Å². The van der Waals surface area contributed by atoms with E-state index in [-0.39, 0.29) is 5.41 Å². The van der Waals surface area contributed by atoms with Crippen LogP contribution < -0.4 is 0 Å². The highest BCUT2D eigenvalue weighted by Crippen LogP contribution is 2.63. The lowest BCUT2D eigenvalue weighted by Crippen LogP contribution is -2.40. The van der Waals surface area contributed by atoms with E-state index in [1.807, 2.05) is 0 Å². The van der Waals surface area contributed by atoms with Crippen LogP contribution in [-0.4, -0.2) is 4.98 Å². The molecular formula is C55H39N. The average Bonchev–Trinajstić information content (AvgIpc) is 3.56. The lowest BCUT2D eigenvalue weighted by Gasteiger charge is -2.46. The van der Waals surface area contributed by atoms with Crippen LogP contribution in [0.3, 0.4) is 0 Å². The lowest BCUT2D eigenvalue weighted by molar-refractivity contribution is 0.563. The van der Waals surface area contributed by atoms with Crippen LogP contribution in [0.1, 0.15) is 47.2 Å². The molecule has 56 heavy (non-hydrogen) atoms. The van der Waals surface area contributed by atoms with E-state index in [0.717, 1.165) is 28.1 Å². The van der Waals surface area contributed by atoms with Gasteiger partial charge in [0.05, 0.1) is 16.8 Å². The Balaban J connectivity index is 1.25. The first-order valence-electron chi connectivity index (χ1n) is 19.6. The van der Waals surface area contributed by atoms with Gasteiger partial charge in [-0.3, -0.25) is 0 Å². The van der Waals surface area contributed by atoms with Crippen LogP contribution in [0.15, 0.2) is 200 Å². The Bertz CT molecular complexity index is 2880. The summed E-state index contributed by atoms with van der Waals surface area (Å²) >= 11 is 0. The SMILES string of the molecule is CC1(C)c2ccccc2C2(c3ccc(-c4ccc5ccccc5c4)cc3-c3c(-c4cc(-c5ccccc5)nc(-c5ccccc5)c4)cccc32)c2ccccc21. The normalized spacial score (nSPS) is 14.2. The van der Waals surface area contributed by atoms with Crippen LogP contribution in [0.4, 0.5) is 0 Å². The van der Waals surface area contributed by atoms with Gasteiger partial charge in [0.15, 0.2) is 0 Å². The van der Waals surface area contributed by atoms with Gasteiger partial charge in [0.2, 0.25) is 0 Å². The molecule has 1 heterocycles. The van der Waals surface area contributed by atoms with Crippen LogP contribution in [-0.2, 0) is 10.8 Å². The summed E-state index contributed by atoms with van der Waals surface area (Å²) in [6.45, 7) is 4.78. The van der Waals surface area contributed by atoms with Crippen LogP contribution in [0.5, 0.6) is 0 Å². The maximum Gasteiger partial charge on any atom is 0.0719 e. The van der Waals surface area contributed by atoms with Crippen molar-refractivity contribution in [2.45, 2.75) is 24.7 Å². The first-order valence-corrected chi connectivity index (χ1v) is 19.6. The Morgan fingerprint density at radius 1 is 0.321 bits per heavy atom. The second-order valence-corrected chi connectivity index (χ2v) is 15.9. The second kappa shape index (κ2) is 12.3. The molecule has 2 aliphatic carbocycles. The van der Waals surface area contributed by atoms with Gasteiger partial charge in [-0.05, 0) is 102 Å². The molecule has 2 aliphatic rings. The molecule has 0 radical (unpaired) electrons.